The standard InChI is InChI=1S/C10H14N2O5/c1-17-8-2-3-9(10(4-8)12(15)16)11-5-7(14)6-13/h2-4,7,11,13-14H,5-6H2,1H3. The van der Waals surface area contributed by atoms with Crippen LogP contribution in [0.5, 0.6) is 5.75 Å². The number of anilines is 1. The van der Waals surface area contributed by atoms with Gasteiger partial charge in [-0.3, -0.25) is 10.1 Å². The molecule has 0 aliphatic heterocycles. The maximum atomic E-state index is 10.8. The van der Waals surface area contributed by atoms with Crippen LogP contribution in [0.1, 0.15) is 0 Å². The Bertz CT molecular complexity index is 396. The molecule has 0 aliphatic rings. The number of benzene rings is 1. The second-order valence-corrected chi connectivity index (χ2v) is 3.36. The van der Waals surface area contributed by atoms with Crippen molar-refractivity contribution in [2.45, 2.75) is 6.10 Å². The number of aliphatic hydroxyl groups excluding tert-OH is 2. The van der Waals surface area contributed by atoms with Crippen molar-refractivity contribution in [1.82, 2.24) is 0 Å². The van der Waals surface area contributed by atoms with E-state index in [9.17, 15) is 10.1 Å². The summed E-state index contributed by atoms with van der Waals surface area (Å²) in [7, 11) is 1.42. The van der Waals surface area contributed by atoms with Crippen molar-refractivity contribution in [3.63, 3.8) is 0 Å². The SMILES string of the molecule is COc1ccc(NCC(O)CO)c([N+](=O)[O-])c1. The molecular weight excluding hydrogens is 228 g/mol. The quantitative estimate of drug-likeness (QED) is 0.491. The van der Waals surface area contributed by atoms with E-state index in [0.29, 0.717) is 5.75 Å². The van der Waals surface area contributed by atoms with Gasteiger partial charge in [0.2, 0.25) is 0 Å². The Morgan fingerprint density at radius 1 is 1.59 bits per heavy atom. The third-order valence-corrected chi connectivity index (χ3v) is 2.14. The molecule has 94 valence electrons. The zero-order valence-electron chi connectivity index (χ0n) is 9.29. The van der Waals surface area contributed by atoms with Gasteiger partial charge in [-0.25, -0.2) is 0 Å². The first kappa shape index (κ1) is 13.2. The minimum atomic E-state index is -0.961. The molecule has 0 heterocycles. The van der Waals surface area contributed by atoms with E-state index >= 15 is 0 Å². The fourth-order valence-electron chi connectivity index (χ4n) is 1.23. The molecular formula is C10H14N2O5. The lowest BCUT2D eigenvalue weighted by molar-refractivity contribution is -0.384. The van der Waals surface area contributed by atoms with Crippen molar-refractivity contribution >= 4 is 11.4 Å². The summed E-state index contributed by atoms with van der Waals surface area (Å²) >= 11 is 0. The number of methoxy groups -OCH3 is 1. The normalized spacial score (nSPS) is 11.9. The number of nitro benzene ring substituents is 1. The molecule has 1 aromatic carbocycles. The van der Waals surface area contributed by atoms with Crippen LogP contribution in [0.25, 0.3) is 0 Å². The zero-order chi connectivity index (χ0) is 12.8. The summed E-state index contributed by atoms with van der Waals surface area (Å²) in [6.07, 6.45) is -0.961. The predicted octanol–water partition coefficient (Wildman–Crippen LogP) is 0.368. The average molecular weight is 242 g/mol. The Labute approximate surface area is 97.8 Å². The topological polar surface area (TPSA) is 105 Å². The number of hydrogen-bond acceptors (Lipinski definition) is 6. The molecule has 0 bridgehead atoms. The number of rotatable bonds is 6. The molecule has 3 N–H and O–H groups in total. The van der Waals surface area contributed by atoms with Crippen LogP contribution in [-0.4, -0.2) is 41.5 Å². The molecule has 0 amide bonds. The summed E-state index contributed by atoms with van der Waals surface area (Å²) < 4.78 is 4.89. The van der Waals surface area contributed by atoms with Gasteiger partial charge in [0.05, 0.1) is 30.8 Å². The van der Waals surface area contributed by atoms with E-state index in [0.717, 1.165) is 0 Å². The lowest BCUT2D eigenvalue weighted by Gasteiger charge is -2.11. The maximum Gasteiger partial charge on any atom is 0.296 e. The number of nitro groups is 1. The highest BCUT2D eigenvalue weighted by Gasteiger charge is 2.15. The molecule has 7 heteroatoms. The van der Waals surface area contributed by atoms with E-state index < -0.39 is 17.6 Å². The minimum Gasteiger partial charge on any atom is -0.496 e. The Hall–Kier alpha value is -1.86. The molecule has 0 radical (unpaired) electrons. The van der Waals surface area contributed by atoms with Gasteiger partial charge >= 0.3 is 0 Å². The van der Waals surface area contributed by atoms with Crippen LogP contribution >= 0.6 is 0 Å². The first-order valence-electron chi connectivity index (χ1n) is 4.93. The highest BCUT2D eigenvalue weighted by Crippen LogP contribution is 2.28. The maximum absolute atomic E-state index is 10.8. The van der Waals surface area contributed by atoms with Gasteiger partial charge in [-0.05, 0) is 12.1 Å². The monoisotopic (exact) mass is 242 g/mol. The van der Waals surface area contributed by atoms with Gasteiger partial charge in [0.25, 0.3) is 5.69 Å². The summed E-state index contributed by atoms with van der Waals surface area (Å²) in [5.74, 6) is 0.380. The number of ether oxygens (including phenoxy) is 1. The molecule has 0 saturated carbocycles. The first-order valence-corrected chi connectivity index (χ1v) is 4.93. The molecule has 1 unspecified atom stereocenters. The third-order valence-electron chi connectivity index (χ3n) is 2.14. The molecule has 17 heavy (non-hydrogen) atoms. The van der Waals surface area contributed by atoms with E-state index in [1.54, 1.807) is 6.07 Å². The van der Waals surface area contributed by atoms with Crippen LogP contribution in [0.15, 0.2) is 18.2 Å². The van der Waals surface area contributed by atoms with Crippen LogP contribution in [-0.2, 0) is 0 Å². The predicted molar refractivity (Wildman–Crippen MR) is 61.2 cm³/mol. The van der Waals surface area contributed by atoms with Gasteiger partial charge < -0.3 is 20.3 Å². The van der Waals surface area contributed by atoms with Crippen molar-refractivity contribution in [3.05, 3.63) is 28.3 Å². The van der Waals surface area contributed by atoms with Crippen LogP contribution < -0.4 is 10.1 Å². The summed E-state index contributed by atoms with van der Waals surface area (Å²) in [5, 5.41) is 31.3. The second kappa shape index (κ2) is 6.02. The molecule has 0 saturated heterocycles. The Balaban J connectivity index is 2.87. The van der Waals surface area contributed by atoms with E-state index in [-0.39, 0.29) is 17.9 Å². The molecule has 1 atom stereocenters. The zero-order valence-corrected chi connectivity index (χ0v) is 9.29. The smallest absolute Gasteiger partial charge is 0.296 e. The van der Waals surface area contributed by atoms with Crippen LogP contribution in [0.4, 0.5) is 11.4 Å². The lowest BCUT2D eigenvalue weighted by Crippen LogP contribution is -2.23. The lowest BCUT2D eigenvalue weighted by atomic mass is 10.2. The highest BCUT2D eigenvalue weighted by molar-refractivity contribution is 5.63. The van der Waals surface area contributed by atoms with Gasteiger partial charge in [0.1, 0.15) is 11.4 Å². The van der Waals surface area contributed by atoms with Gasteiger partial charge in [0, 0.05) is 6.54 Å². The van der Waals surface area contributed by atoms with Gasteiger partial charge in [-0.2, -0.15) is 0 Å². The second-order valence-electron chi connectivity index (χ2n) is 3.36. The fraction of sp³-hybridized carbons (Fsp3) is 0.400. The summed E-state index contributed by atoms with van der Waals surface area (Å²) in [5.41, 5.74) is 0.123. The van der Waals surface area contributed by atoms with Crippen molar-refractivity contribution in [1.29, 1.82) is 0 Å². The van der Waals surface area contributed by atoms with Gasteiger partial charge in [0.15, 0.2) is 0 Å². The molecule has 7 nitrogen and oxygen atoms in total. The number of aliphatic hydroxyl groups is 2. The van der Waals surface area contributed by atoms with Gasteiger partial charge in [-0.1, -0.05) is 0 Å². The van der Waals surface area contributed by atoms with Crippen molar-refractivity contribution in [2.24, 2.45) is 0 Å². The van der Waals surface area contributed by atoms with Crippen LogP contribution in [0.3, 0.4) is 0 Å². The largest absolute Gasteiger partial charge is 0.496 e. The van der Waals surface area contributed by atoms with E-state index in [1.165, 1.54) is 19.2 Å². The molecule has 0 spiro atoms. The first-order chi connectivity index (χ1) is 8.08. The van der Waals surface area contributed by atoms with Gasteiger partial charge in [-0.15, -0.1) is 0 Å². The van der Waals surface area contributed by atoms with E-state index in [1.807, 2.05) is 0 Å². The Kier molecular flexibility index (Phi) is 4.68. The summed E-state index contributed by atoms with van der Waals surface area (Å²) in [4.78, 5) is 10.3. The van der Waals surface area contributed by atoms with E-state index in [4.69, 9.17) is 14.9 Å². The molecule has 0 fully saturated rings. The van der Waals surface area contributed by atoms with E-state index in [2.05, 4.69) is 5.32 Å². The van der Waals surface area contributed by atoms with Crippen LogP contribution in [0.2, 0.25) is 0 Å². The number of nitrogens with one attached hydrogen (secondary N) is 1. The number of nitrogens with zero attached hydrogens (tertiary/aromatic N) is 1. The van der Waals surface area contributed by atoms with Crippen LogP contribution in [0, 0.1) is 10.1 Å². The molecule has 0 aromatic heterocycles. The Morgan fingerprint density at radius 3 is 2.82 bits per heavy atom. The fourth-order valence-corrected chi connectivity index (χ4v) is 1.23. The van der Waals surface area contributed by atoms with Crippen molar-refractivity contribution in [2.75, 3.05) is 25.6 Å². The minimum absolute atomic E-state index is 0.0314. The Morgan fingerprint density at radius 2 is 2.29 bits per heavy atom. The van der Waals surface area contributed by atoms with Crippen molar-refractivity contribution < 1.29 is 19.9 Å². The third kappa shape index (κ3) is 3.58. The highest BCUT2D eigenvalue weighted by atomic mass is 16.6. The average Bonchev–Trinajstić information content (AvgIpc) is 2.35. The molecule has 1 rings (SSSR count). The molecule has 0 aliphatic carbocycles. The summed E-state index contributed by atoms with van der Waals surface area (Å²) in [6.45, 7) is -0.374. The number of hydrogen-bond donors (Lipinski definition) is 3. The molecule has 1 aromatic rings. The van der Waals surface area contributed by atoms with Crippen molar-refractivity contribution in [3.8, 4) is 5.75 Å². The summed E-state index contributed by atoms with van der Waals surface area (Å²) in [6, 6.07) is 4.34.